The Labute approximate surface area is 90.0 Å². The van der Waals surface area contributed by atoms with E-state index in [0.717, 1.165) is 32.7 Å². The summed E-state index contributed by atoms with van der Waals surface area (Å²) in [7, 11) is 0. The molecule has 0 unspecified atom stereocenters. The number of hydrogen-bond acceptors (Lipinski definition) is 3. The van der Waals surface area contributed by atoms with E-state index in [1.165, 1.54) is 5.69 Å². The summed E-state index contributed by atoms with van der Waals surface area (Å²) in [5.41, 5.74) is 1.28. The topological polar surface area (TPSA) is 24.5 Å². The van der Waals surface area contributed by atoms with Gasteiger partial charge in [-0.2, -0.15) is 0 Å². The molecule has 1 spiro atoms. The Hall–Kier alpha value is -1.06. The summed E-state index contributed by atoms with van der Waals surface area (Å²) in [5, 5.41) is 3.37. The van der Waals surface area contributed by atoms with Gasteiger partial charge in [-0.25, -0.2) is 0 Å². The predicted molar refractivity (Wildman–Crippen MR) is 59.7 cm³/mol. The summed E-state index contributed by atoms with van der Waals surface area (Å²) in [4.78, 5) is 2.38. The average Bonchev–Trinajstić information content (AvgIpc) is 2.30. The third-order valence-electron chi connectivity index (χ3n) is 3.41. The highest BCUT2D eigenvalue weighted by molar-refractivity contribution is 5.49. The molecule has 0 saturated carbocycles. The fraction of sp³-hybridized carbons (Fsp3) is 0.500. The molecule has 3 nitrogen and oxygen atoms in total. The monoisotopic (exact) mass is 204 g/mol. The second kappa shape index (κ2) is 3.51. The van der Waals surface area contributed by atoms with Crippen LogP contribution in [0.4, 0.5) is 5.69 Å². The van der Waals surface area contributed by atoms with Crippen LogP contribution in [-0.2, 0) is 4.74 Å². The highest BCUT2D eigenvalue weighted by Crippen LogP contribution is 2.39. The molecule has 1 N–H and O–H groups in total. The van der Waals surface area contributed by atoms with E-state index in [1.807, 2.05) is 0 Å². The maximum atomic E-state index is 5.81. The van der Waals surface area contributed by atoms with Crippen LogP contribution in [-0.4, -0.2) is 25.5 Å². The van der Waals surface area contributed by atoms with Crippen LogP contribution in [0.5, 0.6) is 0 Å². The van der Waals surface area contributed by atoms with Gasteiger partial charge in [-0.1, -0.05) is 18.2 Å². The van der Waals surface area contributed by atoms with Crippen LogP contribution >= 0.6 is 0 Å². The number of nitrogens with zero attached hydrogens (tertiary/aromatic N) is 1. The Morgan fingerprint density at radius 1 is 1.13 bits per heavy atom. The summed E-state index contributed by atoms with van der Waals surface area (Å²) < 4.78 is 5.81. The van der Waals surface area contributed by atoms with E-state index >= 15 is 0 Å². The number of anilines is 1. The molecular formula is C12H16N2O. The van der Waals surface area contributed by atoms with Crippen LogP contribution < -0.4 is 10.2 Å². The minimum Gasteiger partial charge on any atom is -0.335 e. The van der Waals surface area contributed by atoms with Crippen molar-refractivity contribution in [1.29, 1.82) is 0 Å². The SMILES string of the molecule is c1ccc(N2COC23CCNCC3)cc1. The van der Waals surface area contributed by atoms with E-state index in [1.54, 1.807) is 0 Å². The van der Waals surface area contributed by atoms with Crippen molar-refractivity contribution < 1.29 is 4.74 Å². The van der Waals surface area contributed by atoms with E-state index in [-0.39, 0.29) is 5.72 Å². The first-order valence-corrected chi connectivity index (χ1v) is 5.58. The molecule has 0 amide bonds. The number of nitrogens with one attached hydrogen (secondary N) is 1. The first kappa shape index (κ1) is 9.19. The van der Waals surface area contributed by atoms with Gasteiger partial charge in [0.25, 0.3) is 0 Å². The van der Waals surface area contributed by atoms with Gasteiger partial charge in [0.2, 0.25) is 0 Å². The number of hydrogen-bond donors (Lipinski definition) is 1. The van der Waals surface area contributed by atoms with Gasteiger partial charge < -0.3 is 15.0 Å². The third-order valence-corrected chi connectivity index (χ3v) is 3.41. The molecule has 80 valence electrons. The van der Waals surface area contributed by atoms with E-state index in [2.05, 4.69) is 40.5 Å². The standard InChI is InChI=1S/C12H16N2O/c1-2-4-11(5-3-1)14-10-15-12(14)6-8-13-9-7-12/h1-5,13H,6-10H2. The Kier molecular flexibility index (Phi) is 2.15. The largest absolute Gasteiger partial charge is 0.335 e. The Balaban J connectivity index is 1.83. The molecule has 0 radical (unpaired) electrons. The molecule has 1 aromatic rings. The van der Waals surface area contributed by atoms with Gasteiger partial charge in [-0.15, -0.1) is 0 Å². The lowest BCUT2D eigenvalue weighted by Crippen LogP contribution is -2.66. The summed E-state index contributed by atoms with van der Waals surface area (Å²) in [6, 6.07) is 10.5. The second-order valence-electron chi connectivity index (χ2n) is 4.23. The zero-order valence-corrected chi connectivity index (χ0v) is 8.78. The van der Waals surface area contributed by atoms with Crippen LogP contribution in [0, 0.1) is 0 Å². The molecule has 2 heterocycles. The van der Waals surface area contributed by atoms with Crippen molar-refractivity contribution in [3.05, 3.63) is 30.3 Å². The van der Waals surface area contributed by atoms with Crippen molar-refractivity contribution in [2.75, 3.05) is 24.7 Å². The Morgan fingerprint density at radius 2 is 1.87 bits per heavy atom. The molecule has 0 aromatic heterocycles. The van der Waals surface area contributed by atoms with Crippen LogP contribution in [0.1, 0.15) is 12.8 Å². The molecule has 1 aromatic carbocycles. The minimum atomic E-state index is -0.00734. The molecule has 2 fully saturated rings. The highest BCUT2D eigenvalue weighted by atomic mass is 16.6. The van der Waals surface area contributed by atoms with Crippen LogP contribution in [0.2, 0.25) is 0 Å². The maximum Gasteiger partial charge on any atom is 0.147 e. The number of rotatable bonds is 1. The number of benzene rings is 1. The van der Waals surface area contributed by atoms with Crippen molar-refractivity contribution in [3.8, 4) is 0 Å². The molecule has 3 rings (SSSR count). The summed E-state index contributed by atoms with van der Waals surface area (Å²) in [6.07, 6.45) is 2.17. The molecular weight excluding hydrogens is 188 g/mol. The van der Waals surface area contributed by atoms with Crippen LogP contribution in [0.25, 0.3) is 0 Å². The van der Waals surface area contributed by atoms with Gasteiger partial charge in [0.05, 0.1) is 0 Å². The smallest absolute Gasteiger partial charge is 0.147 e. The van der Waals surface area contributed by atoms with Crippen molar-refractivity contribution in [3.63, 3.8) is 0 Å². The van der Waals surface area contributed by atoms with E-state index in [9.17, 15) is 0 Å². The molecule has 3 heteroatoms. The first-order chi connectivity index (χ1) is 7.41. The fourth-order valence-electron chi connectivity index (χ4n) is 2.46. The minimum absolute atomic E-state index is 0.00734. The normalized spacial score (nSPS) is 23.9. The Bertz CT molecular complexity index is 333. The lowest BCUT2D eigenvalue weighted by atomic mass is 9.96. The lowest BCUT2D eigenvalue weighted by Gasteiger charge is -2.55. The first-order valence-electron chi connectivity index (χ1n) is 5.58. The van der Waals surface area contributed by atoms with Crippen LogP contribution in [0.3, 0.4) is 0 Å². The molecule has 0 aliphatic carbocycles. The highest BCUT2D eigenvalue weighted by Gasteiger charge is 2.46. The van der Waals surface area contributed by atoms with Gasteiger partial charge in [-0.3, -0.25) is 0 Å². The average molecular weight is 204 g/mol. The summed E-state index contributed by atoms with van der Waals surface area (Å²) in [6.45, 7) is 2.86. The van der Waals surface area contributed by atoms with Crippen LogP contribution in [0.15, 0.2) is 30.3 Å². The second-order valence-corrected chi connectivity index (χ2v) is 4.23. The van der Waals surface area contributed by atoms with E-state index < -0.39 is 0 Å². The number of para-hydroxylation sites is 1. The molecule has 2 aliphatic heterocycles. The van der Waals surface area contributed by atoms with E-state index in [0.29, 0.717) is 0 Å². The molecule has 2 aliphatic rings. The zero-order chi connectivity index (χ0) is 10.1. The molecule has 0 bridgehead atoms. The number of ether oxygens (including phenoxy) is 1. The van der Waals surface area contributed by atoms with Gasteiger partial charge in [0.15, 0.2) is 0 Å². The van der Waals surface area contributed by atoms with Gasteiger partial charge in [-0.05, 0) is 25.2 Å². The quantitative estimate of drug-likeness (QED) is 0.751. The van der Waals surface area contributed by atoms with E-state index in [4.69, 9.17) is 4.74 Å². The zero-order valence-electron chi connectivity index (χ0n) is 8.78. The van der Waals surface area contributed by atoms with Crippen molar-refractivity contribution >= 4 is 5.69 Å². The Morgan fingerprint density at radius 3 is 2.47 bits per heavy atom. The van der Waals surface area contributed by atoms with Crippen molar-refractivity contribution in [2.45, 2.75) is 18.6 Å². The predicted octanol–water partition coefficient (Wildman–Crippen LogP) is 1.56. The lowest BCUT2D eigenvalue weighted by molar-refractivity contribution is -0.155. The maximum absolute atomic E-state index is 5.81. The van der Waals surface area contributed by atoms with Crippen molar-refractivity contribution in [2.24, 2.45) is 0 Å². The van der Waals surface area contributed by atoms with Gasteiger partial charge in [0, 0.05) is 18.5 Å². The van der Waals surface area contributed by atoms with Gasteiger partial charge >= 0.3 is 0 Å². The summed E-state index contributed by atoms with van der Waals surface area (Å²) >= 11 is 0. The third kappa shape index (κ3) is 1.43. The fourth-order valence-corrected chi connectivity index (χ4v) is 2.46. The van der Waals surface area contributed by atoms with Gasteiger partial charge in [0.1, 0.15) is 12.5 Å². The number of piperidine rings is 1. The van der Waals surface area contributed by atoms with Crippen molar-refractivity contribution in [1.82, 2.24) is 5.32 Å². The summed E-state index contributed by atoms with van der Waals surface area (Å²) in [5.74, 6) is 0. The molecule has 0 atom stereocenters. The molecule has 15 heavy (non-hydrogen) atoms. The molecule has 2 saturated heterocycles.